The molecule has 0 spiro atoms. The van der Waals surface area contributed by atoms with Crippen molar-refractivity contribution >= 4 is 5.90 Å². The van der Waals surface area contributed by atoms with Crippen LogP contribution in [0.25, 0.3) is 0 Å². The molecule has 0 radical (unpaired) electrons. The highest BCUT2D eigenvalue weighted by Gasteiger charge is 2.24. The zero-order chi connectivity index (χ0) is 11.5. The number of rotatable bonds is 3. The minimum atomic E-state index is 0.132. The summed E-state index contributed by atoms with van der Waals surface area (Å²) >= 11 is 0. The molecule has 0 aromatic heterocycles. The Labute approximate surface area is 102 Å². The van der Waals surface area contributed by atoms with E-state index in [-0.39, 0.29) is 6.10 Å². The Kier molecular flexibility index (Phi) is 3.10. The summed E-state index contributed by atoms with van der Waals surface area (Å²) in [5, 5.41) is 3.48. The first kappa shape index (κ1) is 10.8. The van der Waals surface area contributed by atoms with Gasteiger partial charge in [-0.1, -0.05) is 30.3 Å². The molecule has 2 atom stereocenters. The van der Waals surface area contributed by atoms with Crippen LogP contribution in [0.5, 0.6) is 0 Å². The second-order valence-electron chi connectivity index (χ2n) is 4.75. The molecular formula is C14H18N2O. The van der Waals surface area contributed by atoms with Crippen molar-refractivity contribution in [3.05, 3.63) is 35.9 Å². The van der Waals surface area contributed by atoms with Crippen molar-refractivity contribution in [2.75, 3.05) is 13.1 Å². The molecular weight excluding hydrogens is 212 g/mol. The van der Waals surface area contributed by atoms with Gasteiger partial charge in [0.15, 0.2) is 5.90 Å². The molecule has 3 nitrogen and oxygen atoms in total. The van der Waals surface area contributed by atoms with Crippen LogP contribution in [0.15, 0.2) is 35.3 Å². The van der Waals surface area contributed by atoms with Crippen LogP contribution in [0.1, 0.15) is 30.9 Å². The third kappa shape index (κ3) is 2.50. The smallest absolute Gasteiger partial charge is 0.185 e. The number of nitrogens with zero attached hydrogens (tertiary/aromatic N) is 1. The van der Waals surface area contributed by atoms with Crippen LogP contribution in [0.3, 0.4) is 0 Å². The first-order valence-electron chi connectivity index (χ1n) is 6.40. The van der Waals surface area contributed by atoms with E-state index in [0.29, 0.717) is 6.04 Å². The molecule has 1 fully saturated rings. The summed E-state index contributed by atoms with van der Waals surface area (Å²) < 4.78 is 5.92. The van der Waals surface area contributed by atoms with Gasteiger partial charge in [-0.05, 0) is 24.9 Å². The number of ether oxygens (including phenoxy) is 1. The average Bonchev–Trinajstić information content (AvgIpc) is 3.02. The van der Waals surface area contributed by atoms with E-state index in [9.17, 15) is 0 Å². The predicted octanol–water partition coefficient (Wildman–Crippen LogP) is 2.30. The van der Waals surface area contributed by atoms with Crippen molar-refractivity contribution in [3.63, 3.8) is 0 Å². The Morgan fingerprint density at radius 3 is 2.94 bits per heavy atom. The van der Waals surface area contributed by atoms with Crippen LogP contribution in [-0.4, -0.2) is 25.0 Å². The first-order valence-corrected chi connectivity index (χ1v) is 6.40. The van der Waals surface area contributed by atoms with Crippen LogP contribution >= 0.6 is 0 Å². The fraction of sp³-hybridized carbons (Fsp3) is 0.500. The maximum Gasteiger partial charge on any atom is 0.185 e. The van der Waals surface area contributed by atoms with E-state index in [1.807, 2.05) is 6.07 Å². The van der Waals surface area contributed by atoms with E-state index in [1.54, 1.807) is 0 Å². The molecule has 0 bridgehead atoms. The third-order valence-corrected chi connectivity index (χ3v) is 3.47. The largest absolute Gasteiger partial charge is 0.471 e. The molecule has 2 unspecified atom stereocenters. The van der Waals surface area contributed by atoms with Gasteiger partial charge >= 0.3 is 0 Å². The van der Waals surface area contributed by atoms with Crippen LogP contribution < -0.4 is 5.32 Å². The Morgan fingerprint density at radius 2 is 2.18 bits per heavy atom. The lowest BCUT2D eigenvalue weighted by atomic mass is 10.1. The average molecular weight is 230 g/mol. The van der Waals surface area contributed by atoms with Gasteiger partial charge in [0.25, 0.3) is 0 Å². The highest BCUT2D eigenvalue weighted by Crippen LogP contribution is 2.24. The highest BCUT2D eigenvalue weighted by molar-refractivity contribution is 5.78. The molecule has 1 N–H and O–H groups in total. The van der Waals surface area contributed by atoms with Gasteiger partial charge in [0.2, 0.25) is 0 Å². The minimum Gasteiger partial charge on any atom is -0.471 e. The fourth-order valence-corrected chi connectivity index (χ4v) is 2.52. The maximum absolute atomic E-state index is 5.92. The van der Waals surface area contributed by atoms with E-state index in [4.69, 9.17) is 4.74 Å². The summed E-state index contributed by atoms with van der Waals surface area (Å²) in [7, 11) is 0. The fourth-order valence-electron chi connectivity index (χ4n) is 2.52. The van der Waals surface area contributed by atoms with Crippen LogP contribution in [0, 0.1) is 0 Å². The predicted molar refractivity (Wildman–Crippen MR) is 68.2 cm³/mol. The molecule has 2 aliphatic rings. The first-order chi connectivity index (χ1) is 8.42. The van der Waals surface area contributed by atoms with Gasteiger partial charge < -0.3 is 10.1 Å². The lowest BCUT2D eigenvalue weighted by Crippen LogP contribution is -2.24. The number of hydrogen-bond acceptors (Lipinski definition) is 3. The topological polar surface area (TPSA) is 33.6 Å². The molecule has 0 saturated carbocycles. The highest BCUT2D eigenvalue weighted by atomic mass is 16.5. The Bertz CT molecular complexity index is 396. The molecule has 17 heavy (non-hydrogen) atoms. The molecule has 1 aromatic rings. The van der Waals surface area contributed by atoms with Crippen molar-refractivity contribution in [2.45, 2.75) is 31.4 Å². The van der Waals surface area contributed by atoms with Crippen molar-refractivity contribution in [1.82, 2.24) is 5.32 Å². The molecule has 1 aromatic carbocycles. The van der Waals surface area contributed by atoms with Crippen LogP contribution in [0.4, 0.5) is 0 Å². The Balaban J connectivity index is 1.57. The second-order valence-corrected chi connectivity index (χ2v) is 4.75. The van der Waals surface area contributed by atoms with Crippen molar-refractivity contribution < 1.29 is 4.74 Å². The molecule has 2 heterocycles. The van der Waals surface area contributed by atoms with Crippen molar-refractivity contribution in [2.24, 2.45) is 4.99 Å². The molecule has 3 heteroatoms. The van der Waals surface area contributed by atoms with E-state index < -0.39 is 0 Å². The summed E-state index contributed by atoms with van der Waals surface area (Å²) in [6, 6.07) is 10.9. The van der Waals surface area contributed by atoms with Gasteiger partial charge in [-0.25, -0.2) is 0 Å². The normalized spacial score (nSPS) is 27.9. The summed E-state index contributed by atoms with van der Waals surface area (Å²) in [4.78, 5) is 4.51. The van der Waals surface area contributed by atoms with E-state index in [1.165, 1.54) is 18.4 Å². The lowest BCUT2D eigenvalue weighted by molar-refractivity contribution is 0.221. The standard InChI is InChI=1S/C14H18N2O/c1-2-5-11(6-3-1)13-10-16-14(17-13)9-12-7-4-8-15-12/h1-3,5-6,12-13,15H,4,7-10H2. The molecule has 2 aliphatic heterocycles. The monoisotopic (exact) mass is 230 g/mol. The van der Waals surface area contributed by atoms with E-state index in [0.717, 1.165) is 25.4 Å². The summed E-state index contributed by atoms with van der Waals surface area (Å²) in [5.41, 5.74) is 1.23. The third-order valence-electron chi connectivity index (χ3n) is 3.47. The van der Waals surface area contributed by atoms with E-state index >= 15 is 0 Å². The van der Waals surface area contributed by atoms with Crippen molar-refractivity contribution in [1.29, 1.82) is 0 Å². The number of hydrogen-bond donors (Lipinski definition) is 1. The molecule has 3 rings (SSSR count). The lowest BCUT2D eigenvalue weighted by Gasteiger charge is -2.13. The summed E-state index contributed by atoms with van der Waals surface area (Å²) in [6.45, 7) is 1.91. The number of benzene rings is 1. The van der Waals surface area contributed by atoms with Gasteiger partial charge in [-0.3, -0.25) is 4.99 Å². The molecule has 0 aliphatic carbocycles. The SMILES string of the molecule is c1ccc(C2CN=C(CC3CCCN3)O2)cc1. The van der Waals surface area contributed by atoms with Crippen LogP contribution in [0.2, 0.25) is 0 Å². The summed E-state index contributed by atoms with van der Waals surface area (Å²) in [5.74, 6) is 0.929. The molecule has 1 saturated heterocycles. The number of aliphatic imine (C=N–C) groups is 1. The van der Waals surface area contributed by atoms with Gasteiger partial charge in [0, 0.05) is 12.5 Å². The molecule has 90 valence electrons. The quantitative estimate of drug-likeness (QED) is 0.864. The Morgan fingerprint density at radius 1 is 1.29 bits per heavy atom. The zero-order valence-corrected chi connectivity index (χ0v) is 9.93. The maximum atomic E-state index is 5.92. The second kappa shape index (κ2) is 4.88. The van der Waals surface area contributed by atoms with Gasteiger partial charge in [-0.15, -0.1) is 0 Å². The zero-order valence-electron chi connectivity index (χ0n) is 9.93. The van der Waals surface area contributed by atoms with Crippen molar-refractivity contribution in [3.8, 4) is 0 Å². The van der Waals surface area contributed by atoms with E-state index in [2.05, 4.69) is 34.6 Å². The van der Waals surface area contributed by atoms with Gasteiger partial charge in [0.05, 0.1) is 6.54 Å². The van der Waals surface area contributed by atoms with Crippen LogP contribution in [-0.2, 0) is 4.74 Å². The van der Waals surface area contributed by atoms with Gasteiger partial charge in [0.1, 0.15) is 6.10 Å². The summed E-state index contributed by atoms with van der Waals surface area (Å²) in [6.07, 6.45) is 3.61. The Hall–Kier alpha value is -1.35. The van der Waals surface area contributed by atoms with Gasteiger partial charge in [-0.2, -0.15) is 0 Å². The minimum absolute atomic E-state index is 0.132. The molecule has 0 amide bonds. The number of nitrogens with one attached hydrogen (secondary N) is 1.